The maximum Gasteiger partial charge on any atom is 0.336 e. The van der Waals surface area contributed by atoms with Gasteiger partial charge in [0.15, 0.2) is 0 Å². The number of hydrogen-bond acceptors (Lipinski definition) is 7. The van der Waals surface area contributed by atoms with E-state index in [0.29, 0.717) is 15.1 Å². The maximum absolute atomic E-state index is 13.2. The van der Waals surface area contributed by atoms with E-state index in [1.54, 1.807) is 6.07 Å². The monoisotopic (exact) mass is 595 g/mol. The molecule has 0 radical (unpaired) electrons. The van der Waals surface area contributed by atoms with Crippen LogP contribution in [-0.2, 0) is 14.4 Å². The lowest BCUT2D eigenvalue weighted by Crippen LogP contribution is -2.54. The Morgan fingerprint density at radius 3 is 2.37 bits per heavy atom. The van der Waals surface area contributed by atoms with Gasteiger partial charge in [0.2, 0.25) is 0 Å². The van der Waals surface area contributed by atoms with Gasteiger partial charge in [0.05, 0.1) is 10.6 Å². The van der Waals surface area contributed by atoms with Gasteiger partial charge in [0.1, 0.15) is 11.3 Å². The van der Waals surface area contributed by atoms with Crippen LogP contribution in [0.4, 0.5) is 16.2 Å². The second kappa shape index (κ2) is 11.2. The van der Waals surface area contributed by atoms with Crippen molar-refractivity contribution >= 4 is 74.9 Å². The highest BCUT2D eigenvalue weighted by atomic mass is 79.9. The molecule has 4 rings (SSSR count). The van der Waals surface area contributed by atoms with Crippen LogP contribution in [-0.4, -0.2) is 28.7 Å². The molecule has 0 unspecified atom stereocenters. The molecule has 0 bridgehead atoms. The second-order valence-corrected chi connectivity index (χ2v) is 9.07. The molecule has 1 aliphatic rings. The first-order chi connectivity index (χ1) is 18.1. The average molecular weight is 597 g/mol. The summed E-state index contributed by atoms with van der Waals surface area (Å²) < 4.78 is 5.97. The predicted octanol–water partition coefficient (Wildman–Crippen LogP) is 5.30. The fourth-order valence-corrected chi connectivity index (χ4v) is 3.88. The smallest absolute Gasteiger partial charge is 0.336 e. The molecule has 190 valence electrons. The first-order valence-electron chi connectivity index (χ1n) is 10.7. The topological polar surface area (TPSA) is 136 Å². The van der Waals surface area contributed by atoms with Gasteiger partial charge in [0, 0.05) is 33.3 Å². The SMILES string of the molecule is O=C(/C=C/c1ccc([N+](=O)[O-])cc1)Oc1ccc(Br)cc1/C=C1/C(=O)NC(=O)N(c2ccc(Cl)cc2)C1=O. The number of benzene rings is 3. The highest BCUT2D eigenvalue weighted by Crippen LogP contribution is 2.29. The highest BCUT2D eigenvalue weighted by Gasteiger charge is 2.37. The molecule has 0 aromatic heterocycles. The summed E-state index contributed by atoms with van der Waals surface area (Å²) in [5, 5.41) is 13.3. The number of ether oxygens (including phenoxy) is 1. The lowest BCUT2D eigenvalue weighted by Gasteiger charge is -2.26. The summed E-state index contributed by atoms with van der Waals surface area (Å²) in [5.74, 6) is -2.53. The van der Waals surface area contributed by atoms with Crippen LogP contribution in [0.5, 0.6) is 5.75 Å². The number of halogens is 2. The number of amides is 4. The van der Waals surface area contributed by atoms with E-state index in [4.69, 9.17) is 16.3 Å². The molecule has 1 fully saturated rings. The van der Waals surface area contributed by atoms with Crippen LogP contribution in [0.25, 0.3) is 12.2 Å². The molecule has 12 heteroatoms. The average Bonchev–Trinajstić information content (AvgIpc) is 2.88. The summed E-state index contributed by atoms with van der Waals surface area (Å²) in [6.07, 6.45) is 3.75. The number of nitro benzene ring substituents is 1. The molecule has 1 saturated heterocycles. The van der Waals surface area contributed by atoms with E-state index in [9.17, 15) is 29.3 Å². The zero-order valence-corrected chi connectivity index (χ0v) is 21.4. The zero-order valence-electron chi connectivity index (χ0n) is 19.1. The van der Waals surface area contributed by atoms with Gasteiger partial charge in [-0.15, -0.1) is 0 Å². The van der Waals surface area contributed by atoms with Gasteiger partial charge in [-0.05, 0) is 72.3 Å². The van der Waals surface area contributed by atoms with Gasteiger partial charge in [0.25, 0.3) is 17.5 Å². The maximum atomic E-state index is 13.2. The number of nitro groups is 1. The molecule has 0 aliphatic carbocycles. The van der Waals surface area contributed by atoms with Crippen LogP contribution in [0, 0.1) is 10.1 Å². The fraction of sp³-hybridized carbons (Fsp3) is 0. The Morgan fingerprint density at radius 2 is 1.71 bits per heavy atom. The van der Waals surface area contributed by atoms with Gasteiger partial charge in [-0.2, -0.15) is 0 Å². The Labute approximate surface area is 228 Å². The van der Waals surface area contributed by atoms with Gasteiger partial charge in [-0.1, -0.05) is 27.5 Å². The van der Waals surface area contributed by atoms with E-state index in [0.717, 1.165) is 11.0 Å². The Balaban J connectivity index is 1.60. The Kier molecular flexibility index (Phi) is 7.79. The molecule has 1 N–H and O–H groups in total. The minimum Gasteiger partial charge on any atom is -0.423 e. The Bertz CT molecular complexity index is 1530. The van der Waals surface area contributed by atoms with Crippen LogP contribution in [0.1, 0.15) is 11.1 Å². The standard InChI is InChI=1S/C26H15BrClN3O7/c27-17-4-11-22(38-23(32)12-3-15-1-7-20(8-2-15)31(36)37)16(13-17)14-21-24(33)29-26(35)30(25(21)34)19-9-5-18(28)6-10-19/h1-14H,(H,29,33,35)/b12-3+,21-14-. The number of esters is 1. The van der Waals surface area contributed by atoms with Crippen LogP contribution >= 0.6 is 27.5 Å². The molecule has 0 atom stereocenters. The summed E-state index contributed by atoms with van der Waals surface area (Å²) in [4.78, 5) is 61.6. The number of imide groups is 2. The first kappa shape index (κ1) is 26.5. The van der Waals surface area contributed by atoms with Gasteiger partial charge in [-0.25, -0.2) is 14.5 Å². The molecule has 3 aromatic rings. The van der Waals surface area contributed by atoms with Crippen molar-refractivity contribution < 1.29 is 28.8 Å². The van der Waals surface area contributed by atoms with Crippen LogP contribution in [0.2, 0.25) is 5.02 Å². The molecule has 4 amide bonds. The largest absolute Gasteiger partial charge is 0.423 e. The number of urea groups is 1. The predicted molar refractivity (Wildman–Crippen MR) is 142 cm³/mol. The summed E-state index contributed by atoms with van der Waals surface area (Å²) in [7, 11) is 0. The number of rotatable bonds is 6. The van der Waals surface area contributed by atoms with Gasteiger partial charge in [-0.3, -0.25) is 25.0 Å². The van der Waals surface area contributed by atoms with Crippen LogP contribution in [0.3, 0.4) is 0 Å². The summed E-state index contributed by atoms with van der Waals surface area (Å²) >= 11 is 9.19. The van der Waals surface area contributed by atoms with E-state index in [2.05, 4.69) is 21.2 Å². The summed E-state index contributed by atoms with van der Waals surface area (Å²) in [6, 6.07) is 15.1. The minimum atomic E-state index is -0.920. The lowest BCUT2D eigenvalue weighted by atomic mass is 10.1. The van der Waals surface area contributed by atoms with E-state index < -0.39 is 28.7 Å². The third-order valence-corrected chi connectivity index (χ3v) is 5.93. The van der Waals surface area contributed by atoms with Crippen LogP contribution in [0.15, 0.2) is 82.9 Å². The molecule has 1 aliphatic heterocycles. The number of hydrogen-bond donors (Lipinski definition) is 1. The van der Waals surface area contributed by atoms with Crippen LogP contribution < -0.4 is 15.0 Å². The van der Waals surface area contributed by atoms with Crippen molar-refractivity contribution in [3.63, 3.8) is 0 Å². The normalized spacial score (nSPS) is 14.6. The van der Waals surface area contributed by atoms with Crippen molar-refractivity contribution in [2.24, 2.45) is 0 Å². The number of anilines is 1. The van der Waals surface area contributed by atoms with E-state index >= 15 is 0 Å². The molecule has 0 spiro atoms. The summed E-state index contributed by atoms with van der Waals surface area (Å²) in [5.41, 5.74) is 0.487. The zero-order chi connectivity index (χ0) is 27.4. The molecular weight excluding hydrogens is 582 g/mol. The number of nitrogens with zero attached hydrogens (tertiary/aromatic N) is 2. The molecule has 38 heavy (non-hydrogen) atoms. The van der Waals surface area contributed by atoms with Gasteiger partial charge < -0.3 is 4.74 Å². The van der Waals surface area contributed by atoms with E-state index in [-0.39, 0.29) is 28.3 Å². The highest BCUT2D eigenvalue weighted by molar-refractivity contribution is 9.10. The third-order valence-electron chi connectivity index (χ3n) is 5.18. The van der Waals surface area contributed by atoms with E-state index in [1.807, 2.05) is 0 Å². The number of nitrogens with one attached hydrogen (secondary N) is 1. The number of carbonyl (C=O) groups excluding carboxylic acids is 4. The second-order valence-electron chi connectivity index (χ2n) is 7.72. The van der Waals surface area contributed by atoms with Crippen molar-refractivity contribution in [3.8, 4) is 5.75 Å². The molecule has 0 saturated carbocycles. The van der Waals surface area contributed by atoms with Crippen molar-refractivity contribution in [3.05, 3.63) is 109 Å². The quantitative estimate of drug-likeness (QED) is 0.102. The first-order valence-corrected chi connectivity index (χ1v) is 11.9. The molecule has 1 heterocycles. The third kappa shape index (κ3) is 6.02. The van der Waals surface area contributed by atoms with Gasteiger partial charge >= 0.3 is 12.0 Å². The minimum absolute atomic E-state index is 0.0367. The molecular formula is C26H15BrClN3O7. The number of barbiturate groups is 1. The van der Waals surface area contributed by atoms with Crippen molar-refractivity contribution in [1.29, 1.82) is 0 Å². The molecule has 3 aromatic carbocycles. The Hall–Kier alpha value is -4.61. The van der Waals surface area contributed by atoms with E-state index in [1.165, 1.54) is 72.8 Å². The van der Waals surface area contributed by atoms with Crippen molar-refractivity contribution in [1.82, 2.24) is 5.32 Å². The summed E-state index contributed by atoms with van der Waals surface area (Å²) in [6.45, 7) is 0. The van der Waals surface area contributed by atoms with Crippen molar-refractivity contribution in [2.75, 3.05) is 4.90 Å². The Morgan fingerprint density at radius 1 is 1.03 bits per heavy atom. The van der Waals surface area contributed by atoms with Crippen molar-refractivity contribution in [2.45, 2.75) is 0 Å². The molecule has 10 nitrogen and oxygen atoms in total. The number of carbonyl (C=O) groups is 4. The fourth-order valence-electron chi connectivity index (χ4n) is 3.38. The lowest BCUT2D eigenvalue weighted by molar-refractivity contribution is -0.384. The number of non-ortho nitro benzene ring substituents is 1.